The smallest absolute Gasteiger partial charge is 0.326 e. The van der Waals surface area contributed by atoms with Gasteiger partial charge in [-0.2, -0.15) is 0 Å². The van der Waals surface area contributed by atoms with Crippen molar-refractivity contribution in [3.63, 3.8) is 0 Å². The van der Waals surface area contributed by atoms with Crippen LogP contribution in [0.4, 0.5) is 0 Å². The maximum Gasteiger partial charge on any atom is 0.326 e. The molecule has 2 aromatic rings. The summed E-state index contributed by atoms with van der Waals surface area (Å²) in [6.45, 7) is 0.751. The van der Waals surface area contributed by atoms with E-state index in [0.29, 0.717) is 36.6 Å². The number of carboxylic acids is 1. The third kappa shape index (κ3) is 3.96. The van der Waals surface area contributed by atoms with E-state index in [4.69, 9.17) is 9.47 Å². The first kappa shape index (κ1) is 18.2. The Bertz CT molecular complexity index is 778. The highest BCUT2D eigenvalue weighted by Crippen LogP contribution is 2.30. The van der Waals surface area contributed by atoms with Gasteiger partial charge < -0.3 is 19.5 Å². The van der Waals surface area contributed by atoms with Crippen LogP contribution < -0.4 is 9.47 Å². The lowest BCUT2D eigenvalue weighted by Gasteiger charge is -2.33. The zero-order valence-electron chi connectivity index (χ0n) is 14.4. The van der Waals surface area contributed by atoms with E-state index in [9.17, 15) is 14.7 Å². The molecule has 0 spiro atoms. The second kappa shape index (κ2) is 8.18. The first-order valence-corrected chi connectivity index (χ1v) is 9.26. The molecule has 2 heterocycles. The predicted octanol–water partition coefficient (Wildman–Crippen LogP) is 2.81. The van der Waals surface area contributed by atoms with Crippen molar-refractivity contribution in [3.8, 4) is 11.5 Å². The number of ether oxygens (including phenoxy) is 2. The summed E-state index contributed by atoms with van der Waals surface area (Å²) in [5, 5.41) is 11.3. The number of benzene rings is 1. The number of thiazole rings is 1. The first-order chi connectivity index (χ1) is 12.6. The van der Waals surface area contributed by atoms with Crippen molar-refractivity contribution in [2.75, 3.05) is 13.7 Å². The van der Waals surface area contributed by atoms with Crippen LogP contribution in [0.3, 0.4) is 0 Å². The average molecular weight is 376 g/mol. The van der Waals surface area contributed by atoms with Gasteiger partial charge in [0.1, 0.15) is 12.6 Å². The number of carbonyl (C=O) groups is 2. The molecule has 0 unspecified atom stereocenters. The summed E-state index contributed by atoms with van der Waals surface area (Å²) in [5.41, 5.74) is 2.93. The van der Waals surface area contributed by atoms with Gasteiger partial charge in [-0.25, -0.2) is 9.78 Å². The minimum absolute atomic E-state index is 0.304. The zero-order valence-corrected chi connectivity index (χ0v) is 15.2. The molecule has 0 radical (unpaired) electrons. The Morgan fingerprint density at radius 1 is 1.35 bits per heavy atom. The topological polar surface area (TPSA) is 89.0 Å². The molecular formula is C18H20N2O5S. The van der Waals surface area contributed by atoms with Gasteiger partial charge in [-0.1, -0.05) is 0 Å². The summed E-state index contributed by atoms with van der Waals surface area (Å²) >= 11 is 1.49. The first-order valence-electron chi connectivity index (χ1n) is 8.32. The van der Waals surface area contributed by atoms with Crippen LogP contribution in [0.25, 0.3) is 0 Å². The van der Waals surface area contributed by atoms with Gasteiger partial charge in [-0.15, -0.1) is 11.3 Å². The third-order valence-electron chi connectivity index (χ3n) is 4.32. The third-order valence-corrected chi connectivity index (χ3v) is 4.95. The highest BCUT2D eigenvalue weighted by Gasteiger charge is 2.32. The molecule has 8 heteroatoms. The fourth-order valence-corrected chi connectivity index (χ4v) is 3.52. The molecule has 0 saturated carbocycles. The Kier molecular flexibility index (Phi) is 5.72. The van der Waals surface area contributed by atoms with Gasteiger partial charge in [0.2, 0.25) is 0 Å². The number of piperidine rings is 1. The van der Waals surface area contributed by atoms with Crippen LogP contribution >= 0.6 is 11.3 Å². The van der Waals surface area contributed by atoms with Gasteiger partial charge in [0, 0.05) is 17.5 Å². The molecule has 0 bridgehead atoms. The van der Waals surface area contributed by atoms with E-state index >= 15 is 0 Å². The van der Waals surface area contributed by atoms with Crippen molar-refractivity contribution in [2.24, 2.45) is 0 Å². The standard InChI is InChI=1S/C18H20N2O5S/c1-24-16-8-12(5-6-15(16)25-9-13-10-26-11-19-13)17(21)20-7-3-2-4-14(20)18(22)23/h5-6,8,10-11,14H,2-4,7,9H2,1H3,(H,22,23)/t14-/m1/s1. The minimum atomic E-state index is -0.965. The molecule has 1 atom stereocenters. The molecule has 7 nitrogen and oxygen atoms in total. The van der Waals surface area contributed by atoms with E-state index in [0.717, 1.165) is 18.5 Å². The lowest BCUT2D eigenvalue weighted by atomic mass is 10.0. The summed E-state index contributed by atoms with van der Waals surface area (Å²) in [7, 11) is 1.50. The Morgan fingerprint density at radius 3 is 2.88 bits per heavy atom. The maximum atomic E-state index is 12.8. The number of amides is 1. The molecule has 1 fully saturated rings. The minimum Gasteiger partial charge on any atom is -0.493 e. The van der Waals surface area contributed by atoms with Gasteiger partial charge >= 0.3 is 5.97 Å². The summed E-state index contributed by atoms with van der Waals surface area (Å²) in [5.74, 6) is -0.338. The fraction of sp³-hybridized carbons (Fsp3) is 0.389. The summed E-state index contributed by atoms with van der Waals surface area (Å²) in [6.07, 6.45) is 2.10. The van der Waals surface area contributed by atoms with E-state index in [2.05, 4.69) is 4.98 Å². The number of methoxy groups -OCH3 is 1. The number of hydrogen-bond donors (Lipinski definition) is 1. The molecule has 1 aromatic carbocycles. The van der Waals surface area contributed by atoms with E-state index in [-0.39, 0.29) is 5.91 Å². The Morgan fingerprint density at radius 2 is 2.19 bits per heavy atom. The van der Waals surface area contributed by atoms with E-state index in [1.54, 1.807) is 23.7 Å². The molecule has 138 valence electrons. The van der Waals surface area contributed by atoms with Crippen LogP contribution in [0.1, 0.15) is 35.3 Å². The maximum absolute atomic E-state index is 12.8. The van der Waals surface area contributed by atoms with Gasteiger partial charge in [0.05, 0.1) is 18.3 Å². The number of nitrogens with zero attached hydrogens (tertiary/aromatic N) is 2. The Labute approximate surface area is 155 Å². The van der Waals surface area contributed by atoms with Crippen LogP contribution in [0.5, 0.6) is 11.5 Å². The average Bonchev–Trinajstić information content (AvgIpc) is 3.19. The second-order valence-corrected chi connectivity index (χ2v) is 6.70. The van der Waals surface area contributed by atoms with Crippen molar-refractivity contribution in [2.45, 2.75) is 31.9 Å². The molecule has 3 rings (SSSR count). The SMILES string of the molecule is COc1cc(C(=O)N2CCCC[C@@H]2C(=O)O)ccc1OCc1cscn1. The zero-order chi connectivity index (χ0) is 18.5. The van der Waals surface area contributed by atoms with Crippen LogP contribution in [0.15, 0.2) is 29.1 Å². The van der Waals surface area contributed by atoms with Crippen LogP contribution in [-0.4, -0.2) is 46.6 Å². The normalized spacial score (nSPS) is 17.0. The lowest BCUT2D eigenvalue weighted by molar-refractivity contribution is -0.143. The van der Waals surface area contributed by atoms with Crippen LogP contribution in [0, 0.1) is 0 Å². The monoisotopic (exact) mass is 376 g/mol. The number of hydrogen-bond acceptors (Lipinski definition) is 6. The van der Waals surface area contributed by atoms with Crippen molar-refractivity contribution in [3.05, 3.63) is 40.3 Å². The number of aliphatic carboxylic acids is 1. The van der Waals surface area contributed by atoms with E-state index in [1.807, 2.05) is 5.38 Å². The van der Waals surface area contributed by atoms with E-state index in [1.165, 1.54) is 23.3 Å². The van der Waals surface area contributed by atoms with E-state index < -0.39 is 12.0 Å². The second-order valence-electron chi connectivity index (χ2n) is 5.98. The summed E-state index contributed by atoms with van der Waals surface area (Å²) in [6, 6.07) is 4.11. The number of carboxylic acid groups (broad SMARTS) is 1. The number of carbonyl (C=O) groups excluding carboxylic acids is 1. The van der Waals surface area contributed by atoms with Crippen molar-refractivity contribution >= 4 is 23.2 Å². The van der Waals surface area contributed by atoms with Gasteiger partial charge in [0.15, 0.2) is 11.5 Å². The number of rotatable bonds is 6. The molecule has 1 N–H and O–H groups in total. The molecule has 0 aliphatic carbocycles. The van der Waals surface area contributed by atoms with Gasteiger partial charge in [-0.05, 0) is 37.5 Å². The molecular weight excluding hydrogens is 356 g/mol. The number of aromatic nitrogens is 1. The molecule has 1 aromatic heterocycles. The highest BCUT2D eigenvalue weighted by atomic mass is 32.1. The lowest BCUT2D eigenvalue weighted by Crippen LogP contribution is -2.47. The Hall–Kier alpha value is -2.61. The predicted molar refractivity (Wildman–Crippen MR) is 95.8 cm³/mol. The molecule has 26 heavy (non-hydrogen) atoms. The quantitative estimate of drug-likeness (QED) is 0.834. The molecule has 1 saturated heterocycles. The number of likely N-dealkylation sites (tertiary alicyclic amines) is 1. The van der Waals surface area contributed by atoms with Crippen molar-refractivity contribution < 1.29 is 24.2 Å². The largest absolute Gasteiger partial charge is 0.493 e. The van der Waals surface area contributed by atoms with Gasteiger partial charge in [-0.3, -0.25) is 4.79 Å². The molecule has 1 aliphatic rings. The van der Waals surface area contributed by atoms with Crippen LogP contribution in [-0.2, 0) is 11.4 Å². The van der Waals surface area contributed by atoms with Crippen molar-refractivity contribution in [1.82, 2.24) is 9.88 Å². The summed E-state index contributed by atoms with van der Waals surface area (Å²) < 4.78 is 11.0. The summed E-state index contributed by atoms with van der Waals surface area (Å²) in [4.78, 5) is 29.8. The highest BCUT2D eigenvalue weighted by molar-refractivity contribution is 7.07. The van der Waals surface area contributed by atoms with Crippen LogP contribution in [0.2, 0.25) is 0 Å². The molecule has 1 aliphatic heterocycles. The fourth-order valence-electron chi connectivity index (χ4n) is 2.98. The molecule has 1 amide bonds. The Balaban J connectivity index is 1.77. The van der Waals surface area contributed by atoms with Gasteiger partial charge in [0.25, 0.3) is 5.91 Å². The van der Waals surface area contributed by atoms with Crippen molar-refractivity contribution in [1.29, 1.82) is 0 Å².